The highest BCUT2D eigenvalue weighted by Gasteiger charge is 2.19. The molecule has 4 N–H and O–H groups in total. The van der Waals surface area contributed by atoms with Crippen LogP contribution in [-0.2, 0) is 17.8 Å². The van der Waals surface area contributed by atoms with Gasteiger partial charge in [0.05, 0.1) is 28.9 Å². The van der Waals surface area contributed by atoms with Gasteiger partial charge in [0.2, 0.25) is 5.91 Å². The molecule has 0 aliphatic carbocycles. The molecule has 0 atom stereocenters. The quantitative estimate of drug-likeness (QED) is 0.372. The third-order valence-electron chi connectivity index (χ3n) is 5.26. The van der Waals surface area contributed by atoms with Gasteiger partial charge in [-0.1, -0.05) is 36.4 Å². The first kappa shape index (κ1) is 22.2. The number of carbonyl (C=O) groups is 1. The summed E-state index contributed by atoms with van der Waals surface area (Å²) in [6.45, 7) is 0.812. The van der Waals surface area contributed by atoms with Gasteiger partial charge in [0.15, 0.2) is 5.88 Å². The van der Waals surface area contributed by atoms with Crippen molar-refractivity contribution in [3.63, 3.8) is 0 Å². The van der Waals surface area contributed by atoms with E-state index < -0.39 is 11.7 Å². The van der Waals surface area contributed by atoms with Gasteiger partial charge in [-0.2, -0.15) is 0 Å². The van der Waals surface area contributed by atoms with E-state index in [1.54, 1.807) is 18.2 Å². The summed E-state index contributed by atoms with van der Waals surface area (Å²) in [7, 11) is 4.02. The number of aromatic amines is 1. The molecule has 0 spiro atoms. The fourth-order valence-electron chi connectivity index (χ4n) is 3.81. The van der Waals surface area contributed by atoms with E-state index in [9.17, 15) is 14.3 Å². The van der Waals surface area contributed by atoms with E-state index in [4.69, 9.17) is 10.7 Å². The molecule has 0 bridgehead atoms. The number of hydrogen-bond acceptors (Lipinski definition) is 4. The lowest BCUT2D eigenvalue weighted by molar-refractivity contribution is -0.117. The van der Waals surface area contributed by atoms with Gasteiger partial charge >= 0.3 is 0 Å². The van der Waals surface area contributed by atoms with Gasteiger partial charge in [-0.15, -0.1) is 0 Å². The Morgan fingerprint density at radius 2 is 1.70 bits per heavy atom. The van der Waals surface area contributed by atoms with Gasteiger partial charge in [0.1, 0.15) is 5.82 Å². The van der Waals surface area contributed by atoms with Crippen molar-refractivity contribution in [1.29, 1.82) is 0 Å². The molecule has 3 aromatic carbocycles. The van der Waals surface area contributed by atoms with Crippen molar-refractivity contribution in [1.82, 2.24) is 9.88 Å². The van der Waals surface area contributed by atoms with Crippen LogP contribution in [0, 0.1) is 5.82 Å². The van der Waals surface area contributed by atoms with Gasteiger partial charge in [-0.3, -0.25) is 4.79 Å². The Kier molecular flexibility index (Phi) is 6.24. The van der Waals surface area contributed by atoms with Gasteiger partial charge in [0.25, 0.3) is 0 Å². The summed E-state index contributed by atoms with van der Waals surface area (Å²) in [5.74, 6) is -0.911. The summed E-state index contributed by atoms with van der Waals surface area (Å²) in [4.78, 5) is 21.0. The zero-order valence-electron chi connectivity index (χ0n) is 18.5. The maximum absolute atomic E-state index is 13.8. The van der Waals surface area contributed by atoms with Crippen LogP contribution in [0.25, 0.3) is 10.9 Å². The molecule has 0 saturated carbocycles. The Hall–Kier alpha value is -3.97. The molecule has 168 valence electrons. The number of nitrogens with zero attached hydrogens (tertiary/aromatic N) is 2. The van der Waals surface area contributed by atoms with E-state index >= 15 is 0 Å². The number of aliphatic imine (C=N–C) groups is 1. The number of fused-ring (bicyclic) bond motifs is 1. The monoisotopic (exact) mass is 444 g/mol. The van der Waals surface area contributed by atoms with Crippen LogP contribution < -0.4 is 5.73 Å². The normalized spacial score (nSPS) is 11.9. The standard InChI is InChI=1S/C26H25FN4O2/c1-31(2)15-17-5-10-20(11-6-17)29-25(18-7-3-16(4-8-18)13-23(28)32)24-21-12-9-19(27)14-22(21)30-26(24)33/h3-12,14,30,33H,13,15H2,1-2H3,(H2,28,32). The Labute approximate surface area is 191 Å². The van der Waals surface area contributed by atoms with Crippen LogP contribution >= 0.6 is 0 Å². The van der Waals surface area contributed by atoms with Crippen molar-refractivity contribution < 1.29 is 14.3 Å². The number of nitrogens with one attached hydrogen (secondary N) is 1. The summed E-state index contributed by atoms with van der Waals surface area (Å²) in [5, 5.41) is 11.4. The number of benzene rings is 3. The molecule has 1 heterocycles. The molecule has 0 aliphatic heterocycles. The third kappa shape index (κ3) is 5.10. The van der Waals surface area contributed by atoms with Crippen molar-refractivity contribution in [2.75, 3.05) is 14.1 Å². The summed E-state index contributed by atoms with van der Waals surface area (Å²) in [5.41, 5.74) is 10.2. The number of hydrogen-bond donors (Lipinski definition) is 3. The van der Waals surface area contributed by atoms with Crippen molar-refractivity contribution >= 4 is 28.2 Å². The van der Waals surface area contributed by atoms with E-state index in [2.05, 4.69) is 9.88 Å². The topological polar surface area (TPSA) is 94.7 Å². The minimum Gasteiger partial charge on any atom is -0.494 e. The minimum absolute atomic E-state index is 0.0974. The molecular weight excluding hydrogens is 419 g/mol. The highest BCUT2D eigenvalue weighted by Crippen LogP contribution is 2.32. The molecule has 0 saturated heterocycles. The molecule has 6 nitrogen and oxygen atoms in total. The number of aromatic hydroxyl groups is 1. The molecule has 0 unspecified atom stereocenters. The minimum atomic E-state index is -0.411. The highest BCUT2D eigenvalue weighted by atomic mass is 19.1. The van der Waals surface area contributed by atoms with E-state index in [1.807, 2.05) is 50.5 Å². The van der Waals surface area contributed by atoms with Crippen LogP contribution in [0.5, 0.6) is 5.88 Å². The lowest BCUT2D eigenvalue weighted by Crippen LogP contribution is -2.13. The summed E-state index contributed by atoms with van der Waals surface area (Å²) in [6, 6.07) is 19.4. The largest absolute Gasteiger partial charge is 0.494 e. The second kappa shape index (κ2) is 9.26. The summed E-state index contributed by atoms with van der Waals surface area (Å²) in [6.07, 6.45) is 0.137. The smallest absolute Gasteiger partial charge is 0.221 e. The highest BCUT2D eigenvalue weighted by molar-refractivity contribution is 6.21. The number of carbonyl (C=O) groups excluding carboxylic acids is 1. The predicted molar refractivity (Wildman–Crippen MR) is 128 cm³/mol. The maximum atomic E-state index is 13.8. The molecule has 4 aromatic rings. The Morgan fingerprint density at radius 3 is 2.33 bits per heavy atom. The van der Waals surface area contributed by atoms with Gasteiger partial charge in [0, 0.05) is 17.5 Å². The van der Waals surface area contributed by atoms with E-state index in [-0.39, 0.29) is 12.3 Å². The van der Waals surface area contributed by atoms with Gasteiger partial charge in [-0.05, 0) is 55.6 Å². The number of halogens is 1. The summed E-state index contributed by atoms with van der Waals surface area (Å²) >= 11 is 0. The molecule has 1 aromatic heterocycles. The number of rotatable bonds is 7. The lowest BCUT2D eigenvalue weighted by Gasteiger charge is -2.11. The average Bonchev–Trinajstić information content (AvgIpc) is 3.07. The van der Waals surface area contributed by atoms with Crippen LogP contribution in [0.2, 0.25) is 0 Å². The zero-order chi connectivity index (χ0) is 23.5. The van der Waals surface area contributed by atoms with Gasteiger partial charge < -0.3 is 20.7 Å². The number of nitrogens with two attached hydrogens (primary N) is 1. The van der Waals surface area contributed by atoms with Crippen molar-refractivity contribution in [3.8, 4) is 5.88 Å². The molecule has 0 fully saturated rings. The van der Waals surface area contributed by atoms with Crippen LogP contribution in [0.15, 0.2) is 71.7 Å². The molecule has 0 radical (unpaired) electrons. The predicted octanol–water partition coefficient (Wildman–Crippen LogP) is 4.27. The van der Waals surface area contributed by atoms with Crippen molar-refractivity contribution in [2.24, 2.45) is 10.7 Å². The van der Waals surface area contributed by atoms with Gasteiger partial charge in [-0.25, -0.2) is 9.38 Å². The Bertz CT molecular complexity index is 1320. The Balaban J connectivity index is 1.84. The number of H-pyrrole nitrogens is 1. The molecule has 1 amide bonds. The lowest BCUT2D eigenvalue weighted by atomic mass is 9.99. The van der Waals surface area contributed by atoms with Crippen LogP contribution in [0.1, 0.15) is 22.3 Å². The Morgan fingerprint density at radius 1 is 1.03 bits per heavy atom. The SMILES string of the molecule is CN(C)Cc1ccc(N=C(c2ccc(CC(N)=O)cc2)c2c(O)[nH]c3cc(F)ccc23)cc1. The first-order chi connectivity index (χ1) is 15.8. The molecule has 0 aliphatic rings. The number of primary amides is 1. The zero-order valence-corrected chi connectivity index (χ0v) is 18.5. The number of aromatic nitrogens is 1. The second-order valence-electron chi connectivity index (χ2n) is 8.24. The maximum Gasteiger partial charge on any atom is 0.221 e. The van der Waals surface area contributed by atoms with Crippen molar-refractivity contribution in [3.05, 3.63) is 94.8 Å². The first-order valence-electron chi connectivity index (χ1n) is 10.5. The molecule has 7 heteroatoms. The van der Waals surface area contributed by atoms with E-state index in [0.29, 0.717) is 27.9 Å². The molecule has 33 heavy (non-hydrogen) atoms. The van der Waals surface area contributed by atoms with Crippen LogP contribution in [0.4, 0.5) is 10.1 Å². The van der Waals surface area contributed by atoms with Crippen LogP contribution in [-0.4, -0.2) is 40.7 Å². The second-order valence-corrected chi connectivity index (χ2v) is 8.24. The number of amides is 1. The molecular formula is C26H25FN4O2. The van der Waals surface area contributed by atoms with E-state index in [0.717, 1.165) is 23.2 Å². The average molecular weight is 445 g/mol. The fraction of sp³-hybridized carbons (Fsp3) is 0.154. The van der Waals surface area contributed by atoms with E-state index in [1.165, 1.54) is 12.1 Å². The first-order valence-corrected chi connectivity index (χ1v) is 10.5. The third-order valence-corrected chi connectivity index (χ3v) is 5.26. The van der Waals surface area contributed by atoms with Crippen LogP contribution in [0.3, 0.4) is 0 Å². The summed E-state index contributed by atoms with van der Waals surface area (Å²) < 4.78 is 13.8. The fourth-order valence-corrected chi connectivity index (χ4v) is 3.81. The van der Waals surface area contributed by atoms with Crippen molar-refractivity contribution in [2.45, 2.75) is 13.0 Å². The molecule has 4 rings (SSSR count).